The van der Waals surface area contributed by atoms with Gasteiger partial charge in [-0.25, -0.2) is 23.5 Å². The fourth-order valence-electron chi connectivity index (χ4n) is 5.79. The maximum absolute atomic E-state index is 13.1. The largest absolute Gasteiger partial charge is 0.352 e. The molecule has 0 unspecified atom stereocenters. The lowest BCUT2D eigenvalue weighted by atomic mass is 9.48. The van der Waals surface area contributed by atoms with Gasteiger partial charge in [-0.1, -0.05) is 48.9 Å². The second-order valence-corrected chi connectivity index (χ2v) is 7.47. The molecule has 120 valence electrons. The number of benzene rings is 1. The lowest BCUT2D eigenvalue weighted by molar-refractivity contribution is -0.0229. The standard InChI is InChI=1S/C19H17N3O2/c23-16-20(13-5-2-1-3-6-13)17(24)22-15-8-7-14(21(16)22)18-9-4-10-19(15,18)12-11-18/h1-3,5-8,11-12,14-15H,4,9-10H2/t14-,15+,18+,19-. The molecular formula is C19H17N3O2. The number of nitrogens with zero attached hydrogens (tertiary/aromatic N) is 3. The van der Waals surface area contributed by atoms with Crippen LogP contribution < -0.4 is 11.4 Å². The number of para-hydroxylation sites is 1. The van der Waals surface area contributed by atoms with Gasteiger partial charge in [0.25, 0.3) is 0 Å². The highest BCUT2D eigenvalue weighted by atomic mass is 16.2. The topological polar surface area (TPSA) is 48.9 Å². The Hall–Kier alpha value is -2.56. The fourth-order valence-corrected chi connectivity index (χ4v) is 5.79. The molecule has 1 saturated carbocycles. The number of hydrogen-bond acceptors (Lipinski definition) is 2. The van der Waals surface area contributed by atoms with E-state index in [1.165, 1.54) is 4.57 Å². The van der Waals surface area contributed by atoms with E-state index in [1.54, 1.807) is 9.36 Å². The van der Waals surface area contributed by atoms with E-state index in [4.69, 9.17) is 0 Å². The summed E-state index contributed by atoms with van der Waals surface area (Å²) in [7, 11) is 0. The van der Waals surface area contributed by atoms with Crippen molar-refractivity contribution in [1.29, 1.82) is 0 Å². The first kappa shape index (κ1) is 12.8. The van der Waals surface area contributed by atoms with Crippen LogP contribution in [0.5, 0.6) is 0 Å². The van der Waals surface area contributed by atoms with E-state index in [0.29, 0.717) is 5.69 Å². The highest BCUT2D eigenvalue weighted by Gasteiger charge is 2.69. The Bertz CT molecular complexity index is 993. The number of aromatic nitrogens is 3. The molecule has 2 aliphatic heterocycles. The minimum atomic E-state index is -0.222. The monoisotopic (exact) mass is 319 g/mol. The molecule has 7 rings (SSSR count). The molecule has 5 aliphatic rings. The fraction of sp³-hybridized carbons (Fsp3) is 0.368. The van der Waals surface area contributed by atoms with Gasteiger partial charge in [0.2, 0.25) is 0 Å². The summed E-state index contributed by atoms with van der Waals surface area (Å²) in [5.41, 5.74) is 0.264. The summed E-state index contributed by atoms with van der Waals surface area (Å²) in [6.45, 7) is 0. The summed E-state index contributed by atoms with van der Waals surface area (Å²) in [5.74, 6) is 0. The Kier molecular flexibility index (Phi) is 2.00. The molecule has 1 fully saturated rings. The predicted molar refractivity (Wildman–Crippen MR) is 89.4 cm³/mol. The lowest BCUT2D eigenvalue weighted by Crippen LogP contribution is -2.61. The highest BCUT2D eigenvalue weighted by Crippen LogP contribution is 2.74. The SMILES string of the molecule is O=c1n(-c2ccccc2)c(=O)n2n1[C@H]1C=C[C@@H]2[C@]23C=C[C@]12CCC3. The van der Waals surface area contributed by atoms with Crippen LogP contribution in [0.4, 0.5) is 0 Å². The number of hydrogen-bond donors (Lipinski definition) is 0. The van der Waals surface area contributed by atoms with E-state index in [9.17, 15) is 9.59 Å². The molecule has 0 saturated heterocycles. The quantitative estimate of drug-likeness (QED) is 0.757. The van der Waals surface area contributed by atoms with Crippen LogP contribution in [0, 0.1) is 10.8 Å². The molecule has 3 heterocycles. The zero-order valence-electron chi connectivity index (χ0n) is 13.1. The first-order valence-corrected chi connectivity index (χ1v) is 8.60. The van der Waals surface area contributed by atoms with Crippen LogP contribution in [-0.4, -0.2) is 13.9 Å². The Morgan fingerprint density at radius 3 is 1.88 bits per heavy atom. The third-order valence-electron chi connectivity index (χ3n) is 6.80. The average molecular weight is 319 g/mol. The summed E-state index contributed by atoms with van der Waals surface area (Å²) >= 11 is 0. The van der Waals surface area contributed by atoms with Crippen molar-refractivity contribution >= 4 is 0 Å². The van der Waals surface area contributed by atoms with Crippen LogP contribution in [0.1, 0.15) is 31.3 Å². The summed E-state index contributed by atoms with van der Waals surface area (Å²) in [6.07, 6.45) is 12.2. The molecule has 0 spiro atoms. The van der Waals surface area contributed by atoms with Gasteiger partial charge in [0.1, 0.15) is 0 Å². The van der Waals surface area contributed by atoms with E-state index in [-0.39, 0.29) is 34.3 Å². The van der Waals surface area contributed by atoms with Gasteiger partial charge in [0, 0.05) is 10.8 Å². The summed E-state index contributed by atoms with van der Waals surface area (Å²) in [5, 5.41) is 0. The minimum absolute atomic E-state index is 0.0333. The van der Waals surface area contributed by atoms with Gasteiger partial charge in [-0.3, -0.25) is 0 Å². The van der Waals surface area contributed by atoms with E-state index in [0.717, 1.165) is 19.3 Å². The molecule has 2 bridgehead atoms. The Labute approximate surface area is 138 Å². The molecule has 4 atom stereocenters. The number of rotatable bonds is 1. The second-order valence-electron chi connectivity index (χ2n) is 7.47. The van der Waals surface area contributed by atoms with Crippen molar-refractivity contribution in [3.05, 3.63) is 75.6 Å². The summed E-state index contributed by atoms with van der Waals surface area (Å²) in [4.78, 5) is 26.3. The predicted octanol–water partition coefficient (Wildman–Crippen LogP) is 2.19. The normalized spacial score (nSPS) is 37.0. The Morgan fingerprint density at radius 1 is 0.833 bits per heavy atom. The van der Waals surface area contributed by atoms with Crippen LogP contribution in [-0.2, 0) is 0 Å². The molecule has 1 aromatic carbocycles. The van der Waals surface area contributed by atoms with Crippen molar-refractivity contribution in [2.75, 3.05) is 0 Å². The third kappa shape index (κ3) is 1.07. The van der Waals surface area contributed by atoms with E-state index < -0.39 is 0 Å². The molecule has 5 heteroatoms. The van der Waals surface area contributed by atoms with Gasteiger partial charge in [0.05, 0.1) is 17.8 Å². The van der Waals surface area contributed by atoms with Crippen LogP contribution in [0.3, 0.4) is 0 Å². The molecule has 24 heavy (non-hydrogen) atoms. The van der Waals surface area contributed by atoms with Gasteiger partial charge in [-0.05, 0) is 25.0 Å². The molecule has 5 nitrogen and oxygen atoms in total. The van der Waals surface area contributed by atoms with Gasteiger partial charge < -0.3 is 0 Å². The molecule has 1 aromatic heterocycles. The Morgan fingerprint density at radius 2 is 1.38 bits per heavy atom. The van der Waals surface area contributed by atoms with Crippen LogP contribution in [0.2, 0.25) is 0 Å². The van der Waals surface area contributed by atoms with Crippen molar-refractivity contribution in [2.24, 2.45) is 10.8 Å². The van der Waals surface area contributed by atoms with Crippen molar-refractivity contribution < 1.29 is 0 Å². The molecule has 3 aliphatic carbocycles. The van der Waals surface area contributed by atoms with Crippen molar-refractivity contribution in [1.82, 2.24) is 13.9 Å². The third-order valence-corrected chi connectivity index (χ3v) is 6.80. The first-order valence-electron chi connectivity index (χ1n) is 8.60. The van der Waals surface area contributed by atoms with Gasteiger partial charge in [-0.2, -0.15) is 0 Å². The maximum atomic E-state index is 13.1. The van der Waals surface area contributed by atoms with E-state index >= 15 is 0 Å². The smallest absolute Gasteiger partial charge is 0.245 e. The van der Waals surface area contributed by atoms with Crippen molar-refractivity contribution in [3.8, 4) is 5.69 Å². The lowest BCUT2D eigenvalue weighted by Gasteiger charge is -2.62. The molecule has 0 amide bonds. The molecular weight excluding hydrogens is 302 g/mol. The minimum Gasteiger partial charge on any atom is -0.245 e. The van der Waals surface area contributed by atoms with E-state index in [1.807, 2.05) is 30.3 Å². The summed E-state index contributed by atoms with van der Waals surface area (Å²) in [6, 6.07) is 9.14. The van der Waals surface area contributed by atoms with Crippen molar-refractivity contribution in [3.63, 3.8) is 0 Å². The van der Waals surface area contributed by atoms with Crippen LogP contribution in [0.15, 0.2) is 64.2 Å². The maximum Gasteiger partial charge on any atom is 0.352 e. The first-order chi connectivity index (χ1) is 11.7. The zero-order valence-corrected chi connectivity index (χ0v) is 13.1. The molecule has 2 aromatic rings. The highest BCUT2D eigenvalue weighted by molar-refractivity contribution is 5.42. The van der Waals surface area contributed by atoms with Gasteiger partial charge in [-0.15, -0.1) is 0 Å². The Balaban J connectivity index is 1.69. The van der Waals surface area contributed by atoms with E-state index in [2.05, 4.69) is 24.3 Å². The molecule has 0 N–H and O–H groups in total. The van der Waals surface area contributed by atoms with Gasteiger partial charge >= 0.3 is 11.4 Å². The van der Waals surface area contributed by atoms with Crippen molar-refractivity contribution in [2.45, 2.75) is 31.3 Å². The van der Waals surface area contributed by atoms with Crippen LogP contribution in [0.25, 0.3) is 5.69 Å². The summed E-state index contributed by atoms with van der Waals surface area (Å²) < 4.78 is 4.75. The second kappa shape index (κ2) is 3.74. The van der Waals surface area contributed by atoms with Crippen LogP contribution >= 0.6 is 0 Å². The van der Waals surface area contributed by atoms with Gasteiger partial charge in [0.15, 0.2) is 0 Å². The zero-order chi connectivity index (χ0) is 16.1. The number of allylic oxidation sites excluding steroid dienone is 4. The average Bonchev–Trinajstić information content (AvgIpc) is 3.05. The molecule has 0 radical (unpaired) electrons.